The zero-order chi connectivity index (χ0) is 14.6. The number of ether oxygens (including phenoxy) is 1. The van der Waals surface area contributed by atoms with Crippen molar-refractivity contribution in [3.63, 3.8) is 0 Å². The molecule has 0 heterocycles. The van der Waals surface area contributed by atoms with Gasteiger partial charge in [-0.2, -0.15) is 0 Å². The van der Waals surface area contributed by atoms with Crippen LogP contribution in [0.3, 0.4) is 0 Å². The summed E-state index contributed by atoms with van der Waals surface area (Å²) in [5.41, 5.74) is 5.90. The molecule has 0 fully saturated rings. The van der Waals surface area contributed by atoms with Crippen LogP contribution in [0, 0.1) is 5.82 Å². The molecule has 0 unspecified atom stereocenters. The highest BCUT2D eigenvalue weighted by molar-refractivity contribution is 5.96. The molecule has 1 aromatic rings. The number of rotatable bonds is 5. The van der Waals surface area contributed by atoms with Gasteiger partial charge in [-0.1, -0.05) is 13.8 Å². The van der Waals surface area contributed by atoms with Crippen molar-refractivity contribution in [2.75, 3.05) is 18.2 Å². The Morgan fingerprint density at radius 1 is 1.42 bits per heavy atom. The topological polar surface area (TPSA) is 64.3 Å². The van der Waals surface area contributed by atoms with Crippen LogP contribution in [0.4, 0.5) is 15.8 Å². The normalized spacial score (nSPS) is 11.2. The average molecular weight is 268 g/mol. The summed E-state index contributed by atoms with van der Waals surface area (Å²) in [5.74, 6) is -1.05. The molecular formula is C14H21FN2O2. The van der Waals surface area contributed by atoms with Gasteiger partial charge in [0.05, 0.1) is 18.4 Å². The third-order valence-electron chi connectivity index (χ3n) is 3.54. The number of hydrogen-bond donors (Lipinski definition) is 2. The molecule has 0 saturated carbocycles. The van der Waals surface area contributed by atoms with E-state index in [1.165, 1.54) is 13.2 Å². The fourth-order valence-corrected chi connectivity index (χ4v) is 1.72. The molecule has 4 nitrogen and oxygen atoms in total. The second-order valence-electron chi connectivity index (χ2n) is 4.80. The summed E-state index contributed by atoms with van der Waals surface area (Å²) in [4.78, 5) is 11.6. The van der Waals surface area contributed by atoms with E-state index in [1.807, 2.05) is 20.8 Å². The average Bonchev–Trinajstić information content (AvgIpc) is 2.40. The summed E-state index contributed by atoms with van der Waals surface area (Å²) in [7, 11) is 1.26. The van der Waals surface area contributed by atoms with Crippen LogP contribution in [0.1, 0.15) is 44.0 Å². The van der Waals surface area contributed by atoms with Crippen LogP contribution in [0.25, 0.3) is 0 Å². The standard InChI is InChI=1S/C14H21FN2O2/c1-5-14(3,6-2)17-12-7-9(13(18)19-4)11(16)8-10(12)15/h7-8,17H,5-6,16H2,1-4H3. The quantitative estimate of drug-likeness (QED) is 0.636. The number of carbonyl (C=O) groups excluding carboxylic acids is 1. The van der Waals surface area contributed by atoms with Gasteiger partial charge in [0.15, 0.2) is 0 Å². The van der Waals surface area contributed by atoms with Gasteiger partial charge in [0.2, 0.25) is 0 Å². The molecule has 0 aliphatic heterocycles. The van der Waals surface area contributed by atoms with Gasteiger partial charge in [-0.25, -0.2) is 9.18 Å². The van der Waals surface area contributed by atoms with Crippen molar-refractivity contribution in [2.24, 2.45) is 0 Å². The molecule has 0 radical (unpaired) electrons. The number of nitrogens with one attached hydrogen (secondary N) is 1. The zero-order valence-corrected chi connectivity index (χ0v) is 11.8. The van der Waals surface area contributed by atoms with Gasteiger partial charge < -0.3 is 15.8 Å². The maximum absolute atomic E-state index is 13.9. The van der Waals surface area contributed by atoms with Gasteiger partial charge in [-0.05, 0) is 31.9 Å². The molecule has 1 aromatic carbocycles. The minimum Gasteiger partial charge on any atom is -0.465 e. The SMILES string of the molecule is CCC(C)(CC)Nc1cc(C(=O)OC)c(N)cc1F. The van der Waals surface area contributed by atoms with Crippen LogP contribution >= 0.6 is 0 Å². The number of anilines is 2. The Balaban J connectivity index is 3.18. The van der Waals surface area contributed by atoms with Gasteiger partial charge in [0.1, 0.15) is 5.82 Å². The lowest BCUT2D eigenvalue weighted by Crippen LogP contribution is -2.33. The van der Waals surface area contributed by atoms with Crippen molar-refractivity contribution in [3.05, 3.63) is 23.5 Å². The van der Waals surface area contributed by atoms with Gasteiger partial charge in [-0.15, -0.1) is 0 Å². The van der Waals surface area contributed by atoms with Crippen LogP contribution in [0.15, 0.2) is 12.1 Å². The van der Waals surface area contributed by atoms with Crippen molar-refractivity contribution < 1.29 is 13.9 Å². The van der Waals surface area contributed by atoms with Crippen LogP contribution in [0.2, 0.25) is 0 Å². The molecule has 0 spiro atoms. The third-order valence-corrected chi connectivity index (χ3v) is 3.54. The van der Waals surface area contributed by atoms with Gasteiger partial charge in [0, 0.05) is 11.2 Å². The van der Waals surface area contributed by atoms with Crippen LogP contribution in [0.5, 0.6) is 0 Å². The fourth-order valence-electron chi connectivity index (χ4n) is 1.72. The Morgan fingerprint density at radius 3 is 2.47 bits per heavy atom. The molecule has 0 aliphatic rings. The van der Waals surface area contributed by atoms with Crippen molar-refractivity contribution in [3.8, 4) is 0 Å². The fraction of sp³-hybridized carbons (Fsp3) is 0.500. The number of nitrogen functional groups attached to an aromatic ring is 1. The summed E-state index contributed by atoms with van der Waals surface area (Å²) in [6, 6.07) is 2.54. The van der Waals surface area contributed by atoms with E-state index in [0.29, 0.717) is 0 Å². The summed E-state index contributed by atoms with van der Waals surface area (Å²) >= 11 is 0. The summed E-state index contributed by atoms with van der Waals surface area (Å²) < 4.78 is 18.5. The molecule has 0 amide bonds. The predicted molar refractivity (Wildman–Crippen MR) is 74.8 cm³/mol. The van der Waals surface area contributed by atoms with E-state index in [9.17, 15) is 9.18 Å². The van der Waals surface area contributed by atoms with E-state index in [4.69, 9.17) is 5.73 Å². The molecule has 5 heteroatoms. The third kappa shape index (κ3) is 3.36. The first-order chi connectivity index (χ1) is 8.86. The Bertz CT molecular complexity index is 471. The first-order valence-electron chi connectivity index (χ1n) is 6.32. The maximum Gasteiger partial charge on any atom is 0.340 e. The van der Waals surface area contributed by atoms with Crippen LogP contribution in [-0.2, 0) is 4.74 Å². The lowest BCUT2D eigenvalue weighted by molar-refractivity contribution is 0.0602. The Labute approximate surface area is 113 Å². The minimum atomic E-state index is -0.574. The zero-order valence-electron chi connectivity index (χ0n) is 11.8. The Morgan fingerprint density at radius 2 is 2.00 bits per heavy atom. The maximum atomic E-state index is 13.9. The van der Waals surface area contributed by atoms with Crippen molar-refractivity contribution in [1.82, 2.24) is 0 Å². The minimum absolute atomic E-state index is 0.0737. The van der Waals surface area contributed by atoms with E-state index >= 15 is 0 Å². The van der Waals surface area contributed by atoms with Gasteiger partial charge >= 0.3 is 5.97 Å². The highest BCUT2D eigenvalue weighted by atomic mass is 19.1. The van der Waals surface area contributed by atoms with Gasteiger partial charge in [0.25, 0.3) is 0 Å². The Hall–Kier alpha value is -1.78. The van der Waals surface area contributed by atoms with E-state index in [-0.39, 0.29) is 22.5 Å². The van der Waals surface area contributed by atoms with E-state index in [2.05, 4.69) is 10.1 Å². The largest absolute Gasteiger partial charge is 0.465 e. The van der Waals surface area contributed by atoms with Crippen molar-refractivity contribution >= 4 is 17.3 Å². The lowest BCUT2D eigenvalue weighted by atomic mass is 9.95. The molecule has 106 valence electrons. The molecule has 0 saturated heterocycles. The summed E-state index contributed by atoms with van der Waals surface area (Å²) in [6.45, 7) is 6.04. The van der Waals surface area contributed by atoms with E-state index < -0.39 is 11.8 Å². The van der Waals surface area contributed by atoms with Crippen LogP contribution in [-0.4, -0.2) is 18.6 Å². The molecule has 0 aromatic heterocycles. The lowest BCUT2D eigenvalue weighted by Gasteiger charge is -2.30. The molecular weight excluding hydrogens is 247 g/mol. The second kappa shape index (κ2) is 5.91. The van der Waals surface area contributed by atoms with Crippen molar-refractivity contribution in [2.45, 2.75) is 39.2 Å². The first kappa shape index (κ1) is 15.3. The Kier molecular flexibility index (Phi) is 4.75. The second-order valence-corrected chi connectivity index (χ2v) is 4.80. The molecule has 1 rings (SSSR count). The molecule has 19 heavy (non-hydrogen) atoms. The van der Waals surface area contributed by atoms with Gasteiger partial charge in [-0.3, -0.25) is 0 Å². The number of nitrogens with two attached hydrogens (primary N) is 1. The highest BCUT2D eigenvalue weighted by Crippen LogP contribution is 2.27. The number of methoxy groups -OCH3 is 1. The number of carbonyl (C=O) groups is 1. The first-order valence-corrected chi connectivity index (χ1v) is 6.32. The smallest absolute Gasteiger partial charge is 0.340 e. The molecule has 0 atom stereocenters. The number of halogens is 1. The number of benzene rings is 1. The highest BCUT2D eigenvalue weighted by Gasteiger charge is 2.22. The number of hydrogen-bond acceptors (Lipinski definition) is 4. The molecule has 3 N–H and O–H groups in total. The molecule has 0 aliphatic carbocycles. The van der Waals surface area contributed by atoms with Crippen LogP contribution < -0.4 is 11.1 Å². The van der Waals surface area contributed by atoms with E-state index in [1.54, 1.807) is 0 Å². The summed E-state index contributed by atoms with van der Waals surface area (Å²) in [6.07, 6.45) is 1.67. The summed E-state index contributed by atoms with van der Waals surface area (Å²) in [5, 5.41) is 3.13. The monoisotopic (exact) mass is 268 g/mol. The van der Waals surface area contributed by atoms with E-state index in [0.717, 1.165) is 18.9 Å². The van der Waals surface area contributed by atoms with Crippen molar-refractivity contribution in [1.29, 1.82) is 0 Å². The predicted octanol–water partition coefficient (Wildman–Crippen LogP) is 3.19. The molecule has 0 bridgehead atoms. The number of esters is 1.